The molecule has 0 fully saturated rings. The standard InChI is InChI=1S/C23H18N2O/c26-23(15-19-11-5-9-17-7-1-3-13-21(17)19)25-24-16-20-12-6-10-18-8-2-4-14-22(18)20/h1-14,16H,15H2,(H,25,26). The minimum atomic E-state index is -0.127. The van der Waals surface area contributed by atoms with Gasteiger partial charge in [0.1, 0.15) is 0 Å². The lowest BCUT2D eigenvalue weighted by Gasteiger charge is -2.05. The molecule has 1 N–H and O–H groups in total. The molecule has 3 nitrogen and oxygen atoms in total. The molecular formula is C23H18N2O. The monoisotopic (exact) mass is 338 g/mol. The predicted octanol–water partition coefficient (Wildman–Crippen LogP) is 4.69. The molecule has 0 aromatic heterocycles. The van der Waals surface area contributed by atoms with Gasteiger partial charge in [0.15, 0.2) is 0 Å². The molecule has 126 valence electrons. The number of nitrogens with zero attached hydrogens (tertiary/aromatic N) is 1. The lowest BCUT2D eigenvalue weighted by molar-refractivity contribution is -0.120. The van der Waals surface area contributed by atoms with Gasteiger partial charge in [-0.05, 0) is 27.1 Å². The molecule has 0 saturated heterocycles. The minimum absolute atomic E-state index is 0.127. The van der Waals surface area contributed by atoms with Gasteiger partial charge in [0, 0.05) is 5.56 Å². The number of hydrazone groups is 1. The highest BCUT2D eigenvalue weighted by molar-refractivity contribution is 6.00. The van der Waals surface area contributed by atoms with Gasteiger partial charge in [0.05, 0.1) is 12.6 Å². The first-order valence-corrected chi connectivity index (χ1v) is 8.57. The summed E-state index contributed by atoms with van der Waals surface area (Å²) in [5.74, 6) is -0.127. The molecule has 0 aliphatic heterocycles. The fourth-order valence-corrected chi connectivity index (χ4v) is 3.20. The van der Waals surface area contributed by atoms with E-state index in [-0.39, 0.29) is 5.91 Å². The zero-order chi connectivity index (χ0) is 17.8. The largest absolute Gasteiger partial charge is 0.273 e. The van der Waals surface area contributed by atoms with Crippen LogP contribution in [-0.2, 0) is 11.2 Å². The Hall–Kier alpha value is -3.46. The van der Waals surface area contributed by atoms with Crippen molar-refractivity contribution >= 4 is 33.7 Å². The fraction of sp³-hybridized carbons (Fsp3) is 0.0435. The molecule has 0 saturated carbocycles. The van der Waals surface area contributed by atoms with Gasteiger partial charge in [-0.15, -0.1) is 0 Å². The molecule has 1 amide bonds. The van der Waals surface area contributed by atoms with Gasteiger partial charge < -0.3 is 0 Å². The first-order valence-electron chi connectivity index (χ1n) is 8.57. The number of nitrogens with one attached hydrogen (secondary N) is 1. The van der Waals surface area contributed by atoms with Crippen molar-refractivity contribution in [3.8, 4) is 0 Å². The second kappa shape index (κ2) is 7.19. The number of hydrogen-bond acceptors (Lipinski definition) is 2. The highest BCUT2D eigenvalue weighted by Gasteiger charge is 2.06. The van der Waals surface area contributed by atoms with Crippen molar-refractivity contribution in [3.63, 3.8) is 0 Å². The van der Waals surface area contributed by atoms with E-state index in [1.54, 1.807) is 6.21 Å². The molecule has 0 radical (unpaired) electrons. The average Bonchev–Trinajstić information content (AvgIpc) is 2.68. The molecule has 4 aromatic rings. The Bertz CT molecular complexity index is 1100. The third-order valence-corrected chi connectivity index (χ3v) is 4.45. The number of carbonyl (C=O) groups is 1. The molecule has 0 atom stereocenters. The van der Waals surface area contributed by atoms with Crippen LogP contribution in [-0.4, -0.2) is 12.1 Å². The van der Waals surface area contributed by atoms with Crippen molar-refractivity contribution in [1.82, 2.24) is 5.43 Å². The molecule has 26 heavy (non-hydrogen) atoms. The van der Waals surface area contributed by atoms with Crippen LogP contribution in [0, 0.1) is 0 Å². The van der Waals surface area contributed by atoms with E-state index >= 15 is 0 Å². The second-order valence-corrected chi connectivity index (χ2v) is 6.18. The number of rotatable bonds is 4. The maximum absolute atomic E-state index is 12.3. The maximum atomic E-state index is 12.3. The van der Waals surface area contributed by atoms with Gasteiger partial charge in [-0.25, -0.2) is 5.43 Å². The number of fused-ring (bicyclic) bond motifs is 2. The van der Waals surface area contributed by atoms with Gasteiger partial charge in [-0.3, -0.25) is 4.79 Å². The van der Waals surface area contributed by atoms with Crippen molar-refractivity contribution in [1.29, 1.82) is 0 Å². The summed E-state index contributed by atoms with van der Waals surface area (Å²) in [6, 6.07) is 28.2. The summed E-state index contributed by atoms with van der Waals surface area (Å²) in [5.41, 5.74) is 4.62. The molecule has 4 aromatic carbocycles. The topological polar surface area (TPSA) is 41.5 Å². The van der Waals surface area contributed by atoms with Gasteiger partial charge in [0.2, 0.25) is 5.91 Å². The van der Waals surface area contributed by atoms with E-state index in [9.17, 15) is 4.79 Å². The van der Waals surface area contributed by atoms with E-state index in [4.69, 9.17) is 0 Å². The van der Waals surface area contributed by atoms with Crippen LogP contribution in [0.3, 0.4) is 0 Å². The lowest BCUT2D eigenvalue weighted by atomic mass is 10.0. The Balaban J connectivity index is 1.49. The van der Waals surface area contributed by atoms with Crippen LogP contribution in [0.4, 0.5) is 0 Å². The quantitative estimate of drug-likeness (QED) is 0.426. The normalized spacial score (nSPS) is 11.2. The number of amides is 1. The molecule has 0 aliphatic rings. The molecule has 4 rings (SSSR count). The average molecular weight is 338 g/mol. The smallest absolute Gasteiger partial charge is 0.244 e. The van der Waals surface area contributed by atoms with Crippen LogP contribution in [0.5, 0.6) is 0 Å². The van der Waals surface area contributed by atoms with Crippen LogP contribution in [0.25, 0.3) is 21.5 Å². The lowest BCUT2D eigenvalue weighted by Crippen LogP contribution is -2.19. The SMILES string of the molecule is O=C(Cc1cccc2ccccc12)NN=Cc1cccc2ccccc12. The Morgan fingerprint density at radius 3 is 2.19 bits per heavy atom. The Labute approximate surface area is 152 Å². The van der Waals surface area contributed by atoms with Crippen molar-refractivity contribution in [2.75, 3.05) is 0 Å². The van der Waals surface area contributed by atoms with Crippen LogP contribution < -0.4 is 5.43 Å². The van der Waals surface area contributed by atoms with Crippen LogP contribution in [0.1, 0.15) is 11.1 Å². The van der Waals surface area contributed by atoms with Crippen LogP contribution in [0.2, 0.25) is 0 Å². The second-order valence-electron chi connectivity index (χ2n) is 6.18. The highest BCUT2D eigenvalue weighted by atomic mass is 16.2. The van der Waals surface area contributed by atoms with Crippen LogP contribution >= 0.6 is 0 Å². The molecule has 3 heteroatoms. The van der Waals surface area contributed by atoms with Crippen LogP contribution in [0.15, 0.2) is 90.0 Å². The molecule has 0 unspecified atom stereocenters. The third-order valence-electron chi connectivity index (χ3n) is 4.45. The molecule has 0 aliphatic carbocycles. The minimum Gasteiger partial charge on any atom is -0.273 e. The van der Waals surface area contributed by atoms with E-state index < -0.39 is 0 Å². The summed E-state index contributed by atoms with van der Waals surface area (Å²) in [6.07, 6.45) is 2.00. The Kier molecular flexibility index (Phi) is 4.44. The first-order chi connectivity index (χ1) is 12.8. The van der Waals surface area contributed by atoms with Gasteiger partial charge in [0.25, 0.3) is 0 Å². The summed E-state index contributed by atoms with van der Waals surface area (Å²) in [6.45, 7) is 0. The summed E-state index contributed by atoms with van der Waals surface area (Å²) < 4.78 is 0. The Morgan fingerprint density at radius 2 is 1.38 bits per heavy atom. The van der Waals surface area contributed by atoms with E-state index in [1.807, 2.05) is 54.6 Å². The molecule has 0 spiro atoms. The van der Waals surface area contributed by atoms with Crippen molar-refractivity contribution in [2.24, 2.45) is 5.10 Å². The fourth-order valence-electron chi connectivity index (χ4n) is 3.20. The van der Waals surface area contributed by atoms with Gasteiger partial charge in [-0.1, -0.05) is 84.9 Å². The zero-order valence-electron chi connectivity index (χ0n) is 14.2. The Morgan fingerprint density at radius 1 is 0.769 bits per heavy atom. The van der Waals surface area contributed by atoms with Crippen molar-refractivity contribution in [3.05, 3.63) is 96.1 Å². The maximum Gasteiger partial charge on any atom is 0.244 e. The van der Waals surface area contributed by atoms with E-state index in [0.29, 0.717) is 6.42 Å². The zero-order valence-corrected chi connectivity index (χ0v) is 14.2. The first kappa shape index (κ1) is 16.0. The number of benzene rings is 4. The molecule has 0 heterocycles. The summed E-state index contributed by atoms with van der Waals surface area (Å²) in [7, 11) is 0. The summed E-state index contributed by atoms with van der Waals surface area (Å²) in [5, 5.41) is 8.64. The van der Waals surface area contributed by atoms with E-state index in [0.717, 1.165) is 32.7 Å². The molecule has 0 bridgehead atoms. The van der Waals surface area contributed by atoms with E-state index in [2.05, 4.69) is 40.9 Å². The van der Waals surface area contributed by atoms with E-state index in [1.165, 1.54) is 0 Å². The van der Waals surface area contributed by atoms with Gasteiger partial charge >= 0.3 is 0 Å². The summed E-state index contributed by atoms with van der Waals surface area (Å²) in [4.78, 5) is 12.3. The highest BCUT2D eigenvalue weighted by Crippen LogP contribution is 2.19. The third kappa shape index (κ3) is 3.33. The van der Waals surface area contributed by atoms with Crippen molar-refractivity contribution < 1.29 is 4.79 Å². The predicted molar refractivity (Wildman–Crippen MR) is 107 cm³/mol. The van der Waals surface area contributed by atoms with Gasteiger partial charge in [-0.2, -0.15) is 5.10 Å². The number of hydrogen-bond donors (Lipinski definition) is 1. The van der Waals surface area contributed by atoms with Crippen molar-refractivity contribution in [2.45, 2.75) is 6.42 Å². The number of carbonyl (C=O) groups excluding carboxylic acids is 1. The summed E-state index contributed by atoms with van der Waals surface area (Å²) >= 11 is 0. The molecular weight excluding hydrogens is 320 g/mol.